The Morgan fingerprint density at radius 1 is 1.02 bits per heavy atom. The standard InChI is InChI=1S/C35H43N7O4S/c1-22(2)41(8)27-18-36-30(37-19-27)20-42-26(17-35(5,6)7)21-46-31-16-29(32-23(3)11-9-12-24(32)4)38-34(39-31)40-47(44,45)28-14-10-13-25(15-28)33(42)43/h9-16,18-19,22,26H,17,20-21H2,1-8H3,(H,38,39,40)/t26-/m1/s1. The highest BCUT2D eigenvalue weighted by Gasteiger charge is 2.32. The van der Waals surface area contributed by atoms with E-state index in [9.17, 15) is 13.2 Å². The van der Waals surface area contributed by atoms with Crippen LogP contribution >= 0.6 is 0 Å². The summed E-state index contributed by atoms with van der Waals surface area (Å²) < 4.78 is 36.1. The molecule has 47 heavy (non-hydrogen) atoms. The van der Waals surface area contributed by atoms with E-state index in [2.05, 4.69) is 64.2 Å². The van der Waals surface area contributed by atoms with Gasteiger partial charge in [-0.05, 0) is 68.9 Å². The average molecular weight is 658 g/mol. The first-order valence-corrected chi connectivity index (χ1v) is 17.2. The normalized spacial score (nSPS) is 16.4. The first-order valence-electron chi connectivity index (χ1n) is 15.7. The molecule has 1 aliphatic heterocycles. The molecule has 11 nitrogen and oxygen atoms in total. The molecule has 4 aromatic rings. The summed E-state index contributed by atoms with van der Waals surface area (Å²) in [5.41, 5.74) is 4.21. The minimum absolute atomic E-state index is 0.0872. The van der Waals surface area contributed by atoms with E-state index in [0.717, 1.165) is 22.4 Å². The van der Waals surface area contributed by atoms with Crippen LogP contribution in [0.3, 0.4) is 0 Å². The fourth-order valence-corrected chi connectivity index (χ4v) is 6.60. The van der Waals surface area contributed by atoms with Crippen molar-refractivity contribution in [2.24, 2.45) is 5.41 Å². The molecular formula is C35H43N7O4S. The third-order valence-electron chi connectivity index (χ3n) is 8.22. The highest BCUT2D eigenvalue weighted by molar-refractivity contribution is 7.92. The zero-order chi connectivity index (χ0) is 34.1. The summed E-state index contributed by atoms with van der Waals surface area (Å²) in [6.45, 7) is 14.6. The molecule has 1 aliphatic rings. The van der Waals surface area contributed by atoms with Crippen molar-refractivity contribution in [3.63, 3.8) is 0 Å². The van der Waals surface area contributed by atoms with Crippen molar-refractivity contribution >= 4 is 27.6 Å². The SMILES string of the molecule is Cc1cccc(C)c1-c1cc2nc(n1)NS(=O)(=O)c1cccc(c1)C(=O)N(Cc1ncc(N(C)C(C)C)cn1)[C@H](CC(C)(C)C)CO2. The predicted octanol–water partition coefficient (Wildman–Crippen LogP) is 6.04. The van der Waals surface area contributed by atoms with Crippen molar-refractivity contribution in [1.82, 2.24) is 24.8 Å². The summed E-state index contributed by atoms with van der Waals surface area (Å²) in [6.07, 6.45) is 4.07. The number of sulfonamides is 1. The van der Waals surface area contributed by atoms with E-state index >= 15 is 0 Å². The maximum Gasteiger partial charge on any atom is 0.264 e. The number of amides is 1. The summed E-state index contributed by atoms with van der Waals surface area (Å²) >= 11 is 0. The van der Waals surface area contributed by atoms with Crippen LogP contribution in [-0.4, -0.2) is 64.9 Å². The van der Waals surface area contributed by atoms with Gasteiger partial charge in [-0.2, -0.15) is 4.98 Å². The quantitative estimate of drug-likeness (QED) is 0.264. The Labute approximate surface area is 277 Å². The lowest BCUT2D eigenvalue weighted by Crippen LogP contribution is -2.45. The second-order valence-electron chi connectivity index (χ2n) is 13.5. The van der Waals surface area contributed by atoms with E-state index in [0.29, 0.717) is 17.9 Å². The van der Waals surface area contributed by atoms with Gasteiger partial charge in [-0.15, -0.1) is 0 Å². The molecule has 1 amide bonds. The second kappa shape index (κ2) is 13.3. The van der Waals surface area contributed by atoms with Crippen LogP contribution in [0.1, 0.15) is 68.3 Å². The second-order valence-corrected chi connectivity index (χ2v) is 15.2. The molecule has 0 radical (unpaired) electrons. The maximum atomic E-state index is 14.4. The van der Waals surface area contributed by atoms with E-state index in [1.807, 2.05) is 39.1 Å². The molecule has 248 valence electrons. The molecule has 1 atom stereocenters. The number of hydrogen-bond donors (Lipinski definition) is 1. The maximum absolute atomic E-state index is 14.4. The summed E-state index contributed by atoms with van der Waals surface area (Å²) in [5, 5.41) is 0. The third kappa shape index (κ3) is 7.87. The summed E-state index contributed by atoms with van der Waals surface area (Å²) in [5.74, 6) is 0.153. The lowest BCUT2D eigenvalue weighted by atomic mass is 9.87. The number of rotatable bonds is 6. The van der Waals surface area contributed by atoms with Gasteiger partial charge in [0.2, 0.25) is 11.8 Å². The Morgan fingerprint density at radius 2 is 1.68 bits per heavy atom. The summed E-state index contributed by atoms with van der Waals surface area (Å²) in [4.78, 5) is 36.3. The molecule has 0 saturated carbocycles. The number of hydrogen-bond acceptors (Lipinski definition) is 9. The van der Waals surface area contributed by atoms with Gasteiger partial charge in [-0.3, -0.25) is 4.79 Å². The van der Waals surface area contributed by atoms with Crippen LogP contribution in [0.2, 0.25) is 0 Å². The summed E-state index contributed by atoms with van der Waals surface area (Å²) in [6, 6.07) is 13.4. The van der Waals surface area contributed by atoms with Crippen LogP contribution in [0, 0.1) is 19.3 Å². The van der Waals surface area contributed by atoms with Crippen LogP contribution in [0.25, 0.3) is 11.3 Å². The molecule has 2 aromatic carbocycles. The molecule has 4 bridgehead atoms. The van der Waals surface area contributed by atoms with Crippen molar-refractivity contribution in [2.45, 2.75) is 78.4 Å². The number of carbonyl (C=O) groups is 1. The van der Waals surface area contributed by atoms with E-state index in [1.54, 1.807) is 35.5 Å². The smallest absolute Gasteiger partial charge is 0.264 e. The molecule has 3 heterocycles. The van der Waals surface area contributed by atoms with Gasteiger partial charge in [0.25, 0.3) is 15.9 Å². The zero-order valence-electron chi connectivity index (χ0n) is 28.3. The molecule has 0 saturated heterocycles. The largest absolute Gasteiger partial charge is 0.475 e. The van der Waals surface area contributed by atoms with E-state index < -0.39 is 16.1 Å². The fraction of sp³-hybridized carbons (Fsp3) is 0.400. The molecule has 5 rings (SSSR count). The zero-order valence-corrected chi connectivity index (χ0v) is 29.1. The van der Waals surface area contributed by atoms with Gasteiger partial charge in [-0.1, -0.05) is 45.0 Å². The number of aromatic nitrogens is 4. The minimum Gasteiger partial charge on any atom is -0.475 e. The Kier molecular flexibility index (Phi) is 9.53. The highest BCUT2D eigenvalue weighted by atomic mass is 32.2. The van der Waals surface area contributed by atoms with E-state index in [4.69, 9.17) is 4.74 Å². The fourth-order valence-electron chi connectivity index (χ4n) is 5.61. The van der Waals surface area contributed by atoms with E-state index in [1.165, 1.54) is 12.1 Å². The van der Waals surface area contributed by atoms with Crippen molar-refractivity contribution < 1.29 is 17.9 Å². The molecule has 0 fully saturated rings. The van der Waals surface area contributed by atoms with Crippen molar-refractivity contribution in [3.8, 4) is 17.1 Å². The Balaban J connectivity index is 1.64. The number of benzene rings is 2. The molecular weight excluding hydrogens is 614 g/mol. The highest BCUT2D eigenvalue weighted by Crippen LogP contribution is 2.31. The number of carbonyl (C=O) groups excluding carboxylic acids is 1. The van der Waals surface area contributed by atoms with Crippen LogP contribution in [-0.2, 0) is 16.6 Å². The number of nitrogens with zero attached hydrogens (tertiary/aromatic N) is 6. The van der Waals surface area contributed by atoms with Crippen molar-refractivity contribution in [1.29, 1.82) is 0 Å². The molecule has 0 aliphatic carbocycles. The lowest BCUT2D eigenvalue weighted by molar-refractivity contribution is 0.0505. The number of nitrogens with one attached hydrogen (secondary N) is 1. The van der Waals surface area contributed by atoms with E-state index in [-0.39, 0.29) is 52.8 Å². The van der Waals surface area contributed by atoms with Crippen LogP contribution in [0.5, 0.6) is 5.88 Å². The number of anilines is 2. The number of ether oxygens (including phenoxy) is 1. The Bertz CT molecular complexity index is 1850. The van der Waals surface area contributed by atoms with Crippen LogP contribution < -0.4 is 14.4 Å². The lowest BCUT2D eigenvalue weighted by Gasteiger charge is -2.35. The third-order valence-corrected chi connectivity index (χ3v) is 9.54. The van der Waals surface area contributed by atoms with Crippen LogP contribution in [0.4, 0.5) is 11.6 Å². The van der Waals surface area contributed by atoms with Crippen LogP contribution in [0.15, 0.2) is 65.8 Å². The van der Waals surface area contributed by atoms with Crippen molar-refractivity contribution in [2.75, 3.05) is 23.3 Å². The van der Waals surface area contributed by atoms with Gasteiger partial charge in [0.1, 0.15) is 12.4 Å². The van der Waals surface area contributed by atoms with Gasteiger partial charge >= 0.3 is 0 Å². The number of fused-ring (bicyclic) bond motifs is 4. The van der Waals surface area contributed by atoms with Gasteiger partial charge < -0.3 is 14.5 Å². The average Bonchev–Trinajstić information content (AvgIpc) is 3.00. The van der Waals surface area contributed by atoms with Gasteiger partial charge in [0.15, 0.2) is 0 Å². The minimum atomic E-state index is -4.17. The predicted molar refractivity (Wildman–Crippen MR) is 183 cm³/mol. The number of aryl methyl sites for hydroxylation is 2. The molecule has 12 heteroatoms. The molecule has 0 unspecified atom stereocenters. The first kappa shape index (κ1) is 33.8. The molecule has 2 aromatic heterocycles. The molecule has 0 spiro atoms. The van der Waals surface area contributed by atoms with Crippen molar-refractivity contribution in [3.05, 3.63) is 83.4 Å². The van der Waals surface area contributed by atoms with Gasteiger partial charge in [-0.25, -0.2) is 28.1 Å². The molecule has 1 N–H and O–H groups in total. The monoisotopic (exact) mass is 657 g/mol. The first-order chi connectivity index (χ1) is 22.1. The Hall–Kier alpha value is -4.58. The summed E-state index contributed by atoms with van der Waals surface area (Å²) in [7, 11) is -2.20. The van der Waals surface area contributed by atoms with Gasteiger partial charge in [0.05, 0.1) is 41.3 Å². The van der Waals surface area contributed by atoms with Gasteiger partial charge in [0, 0.05) is 30.3 Å². The Morgan fingerprint density at radius 3 is 2.32 bits per heavy atom. The topological polar surface area (TPSA) is 131 Å².